The van der Waals surface area contributed by atoms with E-state index in [2.05, 4.69) is 13.8 Å². The summed E-state index contributed by atoms with van der Waals surface area (Å²) in [5.41, 5.74) is 0. The van der Waals surface area contributed by atoms with E-state index in [-0.39, 0.29) is 0 Å². The van der Waals surface area contributed by atoms with E-state index < -0.39 is 0 Å². The van der Waals surface area contributed by atoms with Gasteiger partial charge in [0.2, 0.25) is 0 Å². The number of carbonyl (C=O) groups excluding carboxylic acids is 1. The summed E-state index contributed by atoms with van der Waals surface area (Å²) in [5, 5.41) is 8.70. The number of hydrogen-bond donors (Lipinski definition) is 1. The molecule has 1 aliphatic rings. The first-order chi connectivity index (χ1) is 8.15. The zero-order valence-electron chi connectivity index (χ0n) is 11.5. The van der Waals surface area contributed by atoms with Crippen molar-refractivity contribution in [3.8, 4) is 0 Å². The standard InChI is InChI=1S/C15H28O2/c1-12(2)13-8-9-15(17)14(11-13)7-5-3-4-6-10-16/h12-14,16H,3-11H2,1-2H3. The van der Waals surface area contributed by atoms with Gasteiger partial charge >= 0.3 is 0 Å². The quantitative estimate of drug-likeness (QED) is 0.691. The topological polar surface area (TPSA) is 37.3 Å². The van der Waals surface area contributed by atoms with Crippen LogP contribution in [-0.2, 0) is 4.79 Å². The number of aliphatic hydroxyl groups is 1. The fourth-order valence-corrected chi connectivity index (χ4v) is 2.89. The molecular formula is C15H28O2. The highest BCUT2D eigenvalue weighted by molar-refractivity contribution is 5.81. The van der Waals surface area contributed by atoms with Crippen molar-refractivity contribution < 1.29 is 9.90 Å². The molecule has 2 atom stereocenters. The van der Waals surface area contributed by atoms with Crippen molar-refractivity contribution in [2.24, 2.45) is 17.8 Å². The Labute approximate surface area is 106 Å². The number of carbonyl (C=O) groups is 1. The van der Waals surface area contributed by atoms with E-state index in [0.29, 0.717) is 18.3 Å². The summed E-state index contributed by atoms with van der Waals surface area (Å²) in [6.45, 7) is 4.86. The fraction of sp³-hybridized carbons (Fsp3) is 0.933. The van der Waals surface area contributed by atoms with Crippen LogP contribution < -0.4 is 0 Å². The Bertz CT molecular complexity index is 223. The van der Waals surface area contributed by atoms with Gasteiger partial charge in [0, 0.05) is 18.9 Å². The Morgan fingerprint density at radius 3 is 2.59 bits per heavy atom. The summed E-state index contributed by atoms with van der Waals surface area (Å²) in [6, 6.07) is 0. The number of unbranched alkanes of at least 4 members (excludes halogenated alkanes) is 3. The first-order valence-corrected chi connectivity index (χ1v) is 7.28. The third-order valence-electron chi connectivity index (χ3n) is 4.21. The third kappa shape index (κ3) is 5.20. The molecule has 1 N–H and O–H groups in total. The molecule has 1 aliphatic carbocycles. The average molecular weight is 240 g/mol. The summed E-state index contributed by atoms with van der Waals surface area (Å²) < 4.78 is 0. The predicted molar refractivity (Wildman–Crippen MR) is 70.8 cm³/mol. The average Bonchev–Trinajstić information content (AvgIpc) is 2.30. The van der Waals surface area contributed by atoms with Gasteiger partial charge in [-0.3, -0.25) is 4.79 Å². The van der Waals surface area contributed by atoms with Gasteiger partial charge in [-0.1, -0.05) is 33.1 Å². The largest absolute Gasteiger partial charge is 0.396 e. The highest BCUT2D eigenvalue weighted by Gasteiger charge is 2.29. The first-order valence-electron chi connectivity index (χ1n) is 7.28. The zero-order valence-corrected chi connectivity index (χ0v) is 11.5. The summed E-state index contributed by atoms with van der Waals surface area (Å²) >= 11 is 0. The number of rotatable bonds is 7. The highest BCUT2D eigenvalue weighted by atomic mass is 16.2. The molecule has 0 bridgehead atoms. The van der Waals surface area contributed by atoms with Crippen LogP contribution in [0.4, 0.5) is 0 Å². The molecule has 0 aliphatic heterocycles. The van der Waals surface area contributed by atoms with E-state index in [9.17, 15) is 4.79 Å². The highest BCUT2D eigenvalue weighted by Crippen LogP contribution is 2.34. The van der Waals surface area contributed by atoms with Crippen LogP contribution in [0, 0.1) is 17.8 Å². The molecule has 0 heterocycles. The van der Waals surface area contributed by atoms with Gasteiger partial charge in [-0.05, 0) is 37.5 Å². The molecular weight excluding hydrogens is 212 g/mol. The molecule has 0 aromatic carbocycles. The van der Waals surface area contributed by atoms with Crippen molar-refractivity contribution in [1.29, 1.82) is 0 Å². The Kier molecular flexibility index (Phi) is 6.79. The maximum Gasteiger partial charge on any atom is 0.135 e. The summed E-state index contributed by atoms with van der Waals surface area (Å²) in [5.74, 6) is 2.32. The second-order valence-corrected chi connectivity index (χ2v) is 5.87. The molecule has 17 heavy (non-hydrogen) atoms. The van der Waals surface area contributed by atoms with Crippen LogP contribution in [0.2, 0.25) is 0 Å². The Morgan fingerprint density at radius 2 is 1.94 bits per heavy atom. The molecule has 1 fully saturated rings. The van der Waals surface area contributed by atoms with Crippen LogP contribution in [0.5, 0.6) is 0 Å². The minimum absolute atomic E-state index is 0.303. The van der Waals surface area contributed by atoms with Gasteiger partial charge in [0.15, 0.2) is 0 Å². The summed E-state index contributed by atoms with van der Waals surface area (Å²) in [4.78, 5) is 11.8. The lowest BCUT2D eigenvalue weighted by Gasteiger charge is -2.30. The lowest BCUT2D eigenvalue weighted by atomic mass is 9.74. The van der Waals surface area contributed by atoms with E-state index in [0.717, 1.165) is 63.2 Å². The molecule has 0 spiro atoms. The van der Waals surface area contributed by atoms with E-state index in [1.165, 1.54) is 0 Å². The van der Waals surface area contributed by atoms with E-state index in [1.54, 1.807) is 0 Å². The van der Waals surface area contributed by atoms with E-state index in [4.69, 9.17) is 5.11 Å². The molecule has 1 rings (SSSR count). The lowest BCUT2D eigenvalue weighted by molar-refractivity contribution is -0.126. The van der Waals surface area contributed by atoms with Gasteiger partial charge in [-0.15, -0.1) is 0 Å². The van der Waals surface area contributed by atoms with Crippen molar-refractivity contribution in [2.75, 3.05) is 6.61 Å². The summed E-state index contributed by atoms with van der Waals surface area (Å²) in [6.07, 6.45) is 8.45. The van der Waals surface area contributed by atoms with Crippen LogP contribution in [0.25, 0.3) is 0 Å². The number of hydrogen-bond acceptors (Lipinski definition) is 2. The molecule has 0 amide bonds. The molecule has 100 valence electrons. The smallest absolute Gasteiger partial charge is 0.135 e. The zero-order chi connectivity index (χ0) is 12.7. The lowest BCUT2D eigenvalue weighted by Crippen LogP contribution is -2.27. The minimum atomic E-state index is 0.303. The Balaban J connectivity index is 2.23. The van der Waals surface area contributed by atoms with E-state index >= 15 is 0 Å². The van der Waals surface area contributed by atoms with Gasteiger partial charge in [-0.25, -0.2) is 0 Å². The van der Waals surface area contributed by atoms with Crippen molar-refractivity contribution in [3.63, 3.8) is 0 Å². The number of aliphatic hydroxyl groups excluding tert-OH is 1. The molecule has 2 nitrogen and oxygen atoms in total. The molecule has 2 unspecified atom stereocenters. The molecule has 0 radical (unpaired) electrons. The van der Waals surface area contributed by atoms with Gasteiger partial charge in [-0.2, -0.15) is 0 Å². The number of Topliss-reactive ketones (excluding diaryl/α,β-unsaturated/α-hetero) is 1. The van der Waals surface area contributed by atoms with Crippen molar-refractivity contribution in [2.45, 2.75) is 65.2 Å². The Hall–Kier alpha value is -0.370. The van der Waals surface area contributed by atoms with Gasteiger partial charge in [0.1, 0.15) is 5.78 Å². The van der Waals surface area contributed by atoms with Crippen LogP contribution in [-0.4, -0.2) is 17.5 Å². The maximum atomic E-state index is 11.8. The van der Waals surface area contributed by atoms with Crippen molar-refractivity contribution in [1.82, 2.24) is 0 Å². The molecule has 0 aromatic heterocycles. The second-order valence-electron chi connectivity index (χ2n) is 5.87. The predicted octanol–water partition coefficient (Wildman–Crippen LogP) is 3.57. The first kappa shape index (κ1) is 14.7. The molecule has 2 heteroatoms. The normalized spacial score (nSPS) is 25.5. The molecule has 0 saturated heterocycles. The number of ketones is 1. The monoisotopic (exact) mass is 240 g/mol. The van der Waals surface area contributed by atoms with Gasteiger partial charge < -0.3 is 5.11 Å². The minimum Gasteiger partial charge on any atom is -0.396 e. The van der Waals surface area contributed by atoms with Crippen molar-refractivity contribution in [3.05, 3.63) is 0 Å². The van der Waals surface area contributed by atoms with Crippen LogP contribution in [0.15, 0.2) is 0 Å². The van der Waals surface area contributed by atoms with Gasteiger partial charge in [0.25, 0.3) is 0 Å². The molecule has 1 saturated carbocycles. The van der Waals surface area contributed by atoms with Crippen molar-refractivity contribution >= 4 is 5.78 Å². The third-order valence-corrected chi connectivity index (χ3v) is 4.21. The fourth-order valence-electron chi connectivity index (χ4n) is 2.89. The SMILES string of the molecule is CC(C)C1CCC(=O)C(CCCCCCO)C1. The van der Waals surface area contributed by atoms with Gasteiger partial charge in [0.05, 0.1) is 0 Å². The Morgan fingerprint density at radius 1 is 1.24 bits per heavy atom. The summed E-state index contributed by atoms with van der Waals surface area (Å²) in [7, 11) is 0. The molecule has 0 aromatic rings. The van der Waals surface area contributed by atoms with Crippen LogP contribution in [0.1, 0.15) is 65.2 Å². The van der Waals surface area contributed by atoms with E-state index in [1.807, 2.05) is 0 Å². The van der Waals surface area contributed by atoms with Crippen LogP contribution in [0.3, 0.4) is 0 Å². The maximum absolute atomic E-state index is 11.8. The second kappa shape index (κ2) is 7.86. The van der Waals surface area contributed by atoms with Crippen LogP contribution >= 0.6 is 0 Å².